The molecule has 1 aliphatic rings. The van der Waals surface area contributed by atoms with Crippen LogP contribution in [-0.2, 0) is 17.8 Å². The number of hydrogen-bond acceptors (Lipinski definition) is 3. The lowest BCUT2D eigenvalue weighted by Gasteiger charge is -2.31. The van der Waals surface area contributed by atoms with Crippen LogP contribution in [0, 0.1) is 0 Å². The monoisotopic (exact) mass is 295 g/mol. The van der Waals surface area contributed by atoms with Gasteiger partial charge in [-0.3, -0.25) is 9.78 Å². The van der Waals surface area contributed by atoms with Gasteiger partial charge in [0.2, 0.25) is 5.91 Å². The van der Waals surface area contributed by atoms with Gasteiger partial charge in [-0.2, -0.15) is 0 Å². The lowest BCUT2D eigenvalue weighted by Crippen LogP contribution is -2.34. The minimum Gasteiger partial charge on any atom is -0.371 e. The van der Waals surface area contributed by atoms with Crippen molar-refractivity contribution in [1.29, 1.82) is 0 Å². The molecule has 0 saturated carbocycles. The Morgan fingerprint density at radius 1 is 1.18 bits per heavy atom. The molecular formula is C18H21N3O. The Hall–Kier alpha value is -2.36. The smallest absolute Gasteiger partial charge is 0.222 e. The second-order valence-electron chi connectivity index (χ2n) is 5.60. The molecule has 1 amide bonds. The predicted octanol–water partition coefficient (Wildman–Crippen LogP) is 2.54. The topological polar surface area (TPSA) is 45.2 Å². The molecule has 0 aliphatic carbocycles. The van der Waals surface area contributed by atoms with Crippen molar-refractivity contribution in [1.82, 2.24) is 10.3 Å². The molecule has 0 saturated heterocycles. The van der Waals surface area contributed by atoms with Crippen LogP contribution in [0.25, 0.3) is 0 Å². The van der Waals surface area contributed by atoms with E-state index in [1.54, 1.807) is 12.4 Å². The van der Waals surface area contributed by atoms with E-state index in [0.29, 0.717) is 13.0 Å². The highest BCUT2D eigenvalue weighted by Gasteiger charge is 2.16. The van der Waals surface area contributed by atoms with Crippen LogP contribution in [0.2, 0.25) is 0 Å². The van der Waals surface area contributed by atoms with E-state index in [1.165, 1.54) is 11.3 Å². The van der Waals surface area contributed by atoms with Crippen molar-refractivity contribution in [3.63, 3.8) is 0 Å². The van der Waals surface area contributed by atoms with E-state index in [0.717, 1.165) is 31.5 Å². The number of fused-ring (bicyclic) bond motifs is 1. The summed E-state index contributed by atoms with van der Waals surface area (Å²) in [5, 5.41) is 2.97. The van der Waals surface area contributed by atoms with Crippen LogP contribution in [0.1, 0.15) is 24.0 Å². The molecule has 0 atom stereocenters. The molecule has 3 rings (SSSR count). The molecule has 4 heteroatoms. The van der Waals surface area contributed by atoms with E-state index in [4.69, 9.17) is 0 Å². The van der Waals surface area contributed by atoms with Gasteiger partial charge >= 0.3 is 0 Å². The zero-order chi connectivity index (χ0) is 15.2. The first kappa shape index (κ1) is 14.6. The standard InChI is InChI=1S/C18H21N3O/c22-18(20-14-15-7-10-19-11-8-15)9-13-21-12-3-5-16-4-1-2-6-17(16)21/h1-2,4,6-8,10-11H,3,5,9,12-14H2,(H,20,22). The van der Waals surface area contributed by atoms with Crippen molar-refractivity contribution in [3.8, 4) is 0 Å². The Bertz CT molecular complexity index is 627. The van der Waals surface area contributed by atoms with Crippen molar-refractivity contribution < 1.29 is 4.79 Å². The summed E-state index contributed by atoms with van der Waals surface area (Å²) in [6.45, 7) is 2.38. The van der Waals surface area contributed by atoms with E-state index < -0.39 is 0 Å². The molecule has 2 aromatic rings. The number of aromatic nitrogens is 1. The van der Waals surface area contributed by atoms with Crippen molar-refractivity contribution in [2.75, 3.05) is 18.0 Å². The van der Waals surface area contributed by atoms with Crippen molar-refractivity contribution >= 4 is 11.6 Å². The van der Waals surface area contributed by atoms with Crippen LogP contribution in [-0.4, -0.2) is 24.0 Å². The summed E-state index contributed by atoms with van der Waals surface area (Å²) < 4.78 is 0. The number of pyridine rings is 1. The molecule has 1 aromatic heterocycles. The Morgan fingerprint density at radius 3 is 2.86 bits per heavy atom. The third kappa shape index (κ3) is 3.64. The van der Waals surface area contributed by atoms with Crippen LogP contribution >= 0.6 is 0 Å². The second-order valence-corrected chi connectivity index (χ2v) is 5.60. The number of rotatable bonds is 5. The van der Waals surface area contributed by atoms with Crippen LogP contribution in [0.5, 0.6) is 0 Å². The third-order valence-electron chi connectivity index (χ3n) is 4.05. The summed E-state index contributed by atoms with van der Waals surface area (Å²) in [7, 11) is 0. The minimum atomic E-state index is 0.0971. The van der Waals surface area contributed by atoms with Crippen LogP contribution in [0.4, 0.5) is 5.69 Å². The van der Waals surface area contributed by atoms with Crippen molar-refractivity contribution in [2.45, 2.75) is 25.8 Å². The molecular weight excluding hydrogens is 274 g/mol. The average Bonchev–Trinajstić information content (AvgIpc) is 2.59. The highest BCUT2D eigenvalue weighted by Crippen LogP contribution is 2.26. The predicted molar refractivity (Wildman–Crippen MR) is 87.7 cm³/mol. The lowest BCUT2D eigenvalue weighted by atomic mass is 10.0. The Labute approximate surface area is 131 Å². The SMILES string of the molecule is O=C(CCN1CCCc2ccccc21)NCc1ccncc1. The summed E-state index contributed by atoms with van der Waals surface area (Å²) in [5.74, 6) is 0.0971. The Balaban J connectivity index is 1.50. The fraction of sp³-hybridized carbons (Fsp3) is 0.333. The normalized spacial score (nSPS) is 13.5. The zero-order valence-electron chi connectivity index (χ0n) is 12.7. The number of aryl methyl sites for hydroxylation is 1. The van der Waals surface area contributed by atoms with Gasteiger partial charge in [-0.15, -0.1) is 0 Å². The summed E-state index contributed by atoms with van der Waals surface area (Å²) in [6.07, 6.45) is 6.31. The van der Waals surface area contributed by atoms with E-state index in [9.17, 15) is 4.79 Å². The number of carbonyl (C=O) groups is 1. The molecule has 114 valence electrons. The third-order valence-corrected chi connectivity index (χ3v) is 4.05. The Kier molecular flexibility index (Phi) is 4.68. The number of nitrogens with one attached hydrogen (secondary N) is 1. The number of hydrogen-bond donors (Lipinski definition) is 1. The number of amides is 1. The highest BCUT2D eigenvalue weighted by atomic mass is 16.1. The molecule has 1 N–H and O–H groups in total. The van der Waals surface area contributed by atoms with Gasteiger partial charge in [0.15, 0.2) is 0 Å². The maximum absolute atomic E-state index is 12.0. The van der Waals surface area contributed by atoms with E-state index in [2.05, 4.69) is 39.5 Å². The quantitative estimate of drug-likeness (QED) is 0.922. The number of benzene rings is 1. The molecule has 0 bridgehead atoms. The highest BCUT2D eigenvalue weighted by molar-refractivity contribution is 5.76. The van der Waals surface area contributed by atoms with Gasteiger partial charge in [-0.1, -0.05) is 18.2 Å². The van der Waals surface area contributed by atoms with Gasteiger partial charge in [0.1, 0.15) is 0 Å². The van der Waals surface area contributed by atoms with Gasteiger partial charge in [-0.25, -0.2) is 0 Å². The molecule has 0 radical (unpaired) electrons. The van der Waals surface area contributed by atoms with Crippen molar-refractivity contribution in [3.05, 3.63) is 59.9 Å². The van der Waals surface area contributed by atoms with Crippen LogP contribution < -0.4 is 10.2 Å². The van der Waals surface area contributed by atoms with E-state index in [-0.39, 0.29) is 5.91 Å². The summed E-state index contributed by atoms with van der Waals surface area (Å²) >= 11 is 0. The average molecular weight is 295 g/mol. The summed E-state index contributed by atoms with van der Waals surface area (Å²) in [4.78, 5) is 18.3. The largest absolute Gasteiger partial charge is 0.371 e. The molecule has 1 aliphatic heterocycles. The molecule has 1 aromatic carbocycles. The number of carbonyl (C=O) groups excluding carboxylic acids is 1. The van der Waals surface area contributed by atoms with Crippen molar-refractivity contribution in [2.24, 2.45) is 0 Å². The Morgan fingerprint density at radius 2 is 2.00 bits per heavy atom. The maximum Gasteiger partial charge on any atom is 0.222 e. The fourth-order valence-electron chi connectivity index (χ4n) is 2.87. The molecule has 0 unspecified atom stereocenters. The van der Waals surface area contributed by atoms with Gasteiger partial charge < -0.3 is 10.2 Å². The van der Waals surface area contributed by atoms with Gasteiger partial charge in [0, 0.05) is 44.1 Å². The first-order valence-electron chi connectivity index (χ1n) is 7.81. The molecule has 4 nitrogen and oxygen atoms in total. The number of nitrogens with zero attached hydrogens (tertiary/aromatic N) is 2. The molecule has 0 spiro atoms. The van der Waals surface area contributed by atoms with Gasteiger partial charge in [0.05, 0.1) is 0 Å². The van der Waals surface area contributed by atoms with Crippen LogP contribution in [0.3, 0.4) is 0 Å². The maximum atomic E-state index is 12.0. The van der Waals surface area contributed by atoms with E-state index >= 15 is 0 Å². The van der Waals surface area contributed by atoms with Gasteiger partial charge in [-0.05, 0) is 42.2 Å². The van der Waals surface area contributed by atoms with Crippen LogP contribution in [0.15, 0.2) is 48.8 Å². The number of para-hydroxylation sites is 1. The number of anilines is 1. The first-order valence-corrected chi connectivity index (χ1v) is 7.81. The fourth-order valence-corrected chi connectivity index (χ4v) is 2.87. The minimum absolute atomic E-state index is 0.0971. The molecule has 0 fully saturated rings. The van der Waals surface area contributed by atoms with Gasteiger partial charge in [0.25, 0.3) is 0 Å². The molecule has 22 heavy (non-hydrogen) atoms. The second kappa shape index (κ2) is 7.07. The van der Waals surface area contributed by atoms with E-state index in [1.807, 2.05) is 12.1 Å². The lowest BCUT2D eigenvalue weighted by molar-refractivity contribution is -0.121. The molecule has 2 heterocycles. The summed E-state index contributed by atoms with van der Waals surface area (Å²) in [5.41, 5.74) is 3.76. The summed E-state index contributed by atoms with van der Waals surface area (Å²) in [6, 6.07) is 12.3. The first-order chi connectivity index (χ1) is 10.8. The zero-order valence-corrected chi connectivity index (χ0v) is 12.7.